The van der Waals surface area contributed by atoms with Crippen molar-refractivity contribution in [2.75, 3.05) is 30.0 Å². The number of hydrogen-bond donors (Lipinski definition) is 2. The lowest BCUT2D eigenvalue weighted by molar-refractivity contribution is 0.308. The van der Waals surface area contributed by atoms with Crippen LogP contribution in [0.4, 0.5) is 11.4 Å². The van der Waals surface area contributed by atoms with Crippen LogP contribution >= 0.6 is 0 Å². The van der Waals surface area contributed by atoms with E-state index in [-0.39, 0.29) is 5.75 Å². The lowest BCUT2D eigenvalue weighted by Gasteiger charge is -2.24. The first-order valence-electron chi connectivity index (χ1n) is 12.1. The van der Waals surface area contributed by atoms with Crippen molar-refractivity contribution in [3.8, 4) is 11.6 Å². The third-order valence-electron chi connectivity index (χ3n) is 4.75. The van der Waals surface area contributed by atoms with Crippen LogP contribution in [-0.2, 0) is 6.42 Å². The normalized spacial score (nSPS) is 10.5. The number of ether oxygens (including phenoxy) is 1. The fraction of sp³-hybridized carbons (Fsp3) is 0.370. The number of hydrazone groups is 1. The molecule has 182 valence electrons. The molecular weight excluding hydrogens is 426 g/mol. The molecule has 34 heavy (non-hydrogen) atoms. The fourth-order valence-electron chi connectivity index (χ4n) is 3.26. The molecule has 0 saturated carbocycles. The molecule has 2 N–H and O–H groups in total. The summed E-state index contributed by atoms with van der Waals surface area (Å²) in [6.45, 7) is 10.8. The quantitative estimate of drug-likeness (QED) is 0.198. The van der Waals surface area contributed by atoms with E-state index in [9.17, 15) is 5.11 Å². The maximum absolute atomic E-state index is 9.41. The highest BCUT2D eigenvalue weighted by molar-refractivity contribution is 5.80. The highest BCUT2D eigenvalue weighted by Gasteiger charge is 2.10. The molecule has 0 aliphatic rings. The topological polar surface area (TPSA) is 82.9 Å². The van der Waals surface area contributed by atoms with Crippen LogP contribution in [0.2, 0.25) is 0 Å². The molecule has 1 aromatic carbocycles. The molecular formula is C27H37N5O2. The molecule has 0 fully saturated rings. The Morgan fingerprint density at radius 2 is 1.76 bits per heavy atom. The smallest absolute Gasteiger partial charge is 0.215 e. The van der Waals surface area contributed by atoms with Crippen LogP contribution < -0.4 is 15.1 Å². The molecule has 0 amide bonds. The van der Waals surface area contributed by atoms with Crippen LogP contribution in [0.25, 0.3) is 0 Å². The number of aromatic nitrogens is 2. The Kier molecular flexibility index (Phi) is 12.0. The summed E-state index contributed by atoms with van der Waals surface area (Å²) >= 11 is 0. The van der Waals surface area contributed by atoms with Crippen molar-refractivity contribution in [2.24, 2.45) is 5.10 Å². The summed E-state index contributed by atoms with van der Waals surface area (Å²) in [5, 5.41) is 13.7. The number of pyridine rings is 2. The van der Waals surface area contributed by atoms with Gasteiger partial charge in [0.05, 0.1) is 24.2 Å². The van der Waals surface area contributed by atoms with Crippen molar-refractivity contribution < 1.29 is 9.84 Å². The molecule has 0 bridgehead atoms. The van der Waals surface area contributed by atoms with Crippen LogP contribution in [-0.4, -0.2) is 41.0 Å². The van der Waals surface area contributed by atoms with Gasteiger partial charge in [0.1, 0.15) is 5.75 Å². The molecule has 0 unspecified atom stereocenters. The number of nitrogens with zero attached hydrogens (tertiary/aromatic N) is 4. The minimum atomic E-state index is 0.216. The van der Waals surface area contributed by atoms with Gasteiger partial charge >= 0.3 is 0 Å². The second-order valence-electron chi connectivity index (χ2n) is 7.41. The minimum absolute atomic E-state index is 0.216. The molecule has 7 nitrogen and oxygen atoms in total. The van der Waals surface area contributed by atoms with Gasteiger partial charge in [0, 0.05) is 43.2 Å². The third kappa shape index (κ3) is 9.10. The molecule has 0 radical (unpaired) electrons. The van der Waals surface area contributed by atoms with Gasteiger partial charge in [-0.15, -0.1) is 0 Å². The number of phenolic OH excluding ortho intramolecular Hbond substituents is 1. The van der Waals surface area contributed by atoms with Crippen molar-refractivity contribution in [3.63, 3.8) is 0 Å². The Morgan fingerprint density at radius 3 is 2.41 bits per heavy atom. The first kappa shape index (κ1) is 26.6. The molecule has 0 aliphatic heterocycles. The zero-order chi connectivity index (χ0) is 24.6. The summed E-state index contributed by atoms with van der Waals surface area (Å²) in [5.74, 6) is 0.787. The maximum atomic E-state index is 9.41. The molecule has 0 atom stereocenters. The second-order valence-corrected chi connectivity index (χ2v) is 7.41. The van der Waals surface area contributed by atoms with Gasteiger partial charge in [-0.05, 0) is 55.3 Å². The van der Waals surface area contributed by atoms with E-state index in [1.807, 2.05) is 44.2 Å². The van der Waals surface area contributed by atoms with Gasteiger partial charge in [-0.25, -0.2) is 4.98 Å². The van der Waals surface area contributed by atoms with Crippen molar-refractivity contribution in [1.82, 2.24) is 9.97 Å². The lowest BCUT2D eigenvalue weighted by Crippen LogP contribution is -2.25. The van der Waals surface area contributed by atoms with Gasteiger partial charge < -0.3 is 14.7 Å². The van der Waals surface area contributed by atoms with Crippen molar-refractivity contribution in [1.29, 1.82) is 0 Å². The molecule has 2 aromatic heterocycles. The summed E-state index contributed by atoms with van der Waals surface area (Å²) in [6.07, 6.45) is 6.30. The standard InChI is InChI=1S/C25H31N5O2.C2H6/c1-3-14-30(15-4-2)23-17-22(19-27-29-21-8-10-24(31)11-9-21)28-25(18-23)32-16-12-20-7-5-6-13-26-20;1-2/h5-11,13,17-19,29,31H,3-4,12,14-16H2,1-2H3;1-2H3/b27-19+;. The molecule has 3 aromatic rings. The molecule has 0 spiro atoms. The fourth-order valence-corrected chi connectivity index (χ4v) is 3.26. The number of rotatable bonds is 12. The summed E-state index contributed by atoms with van der Waals surface area (Å²) in [7, 11) is 0. The Labute approximate surface area is 203 Å². The van der Waals surface area contributed by atoms with Crippen molar-refractivity contribution >= 4 is 17.6 Å². The highest BCUT2D eigenvalue weighted by atomic mass is 16.5. The largest absolute Gasteiger partial charge is 0.508 e. The number of aromatic hydroxyl groups is 1. The predicted molar refractivity (Wildman–Crippen MR) is 141 cm³/mol. The van der Waals surface area contributed by atoms with Gasteiger partial charge in [0.15, 0.2) is 0 Å². The van der Waals surface area contributed by atoms with Crippen LogP contribution in [0.1, 0.15) is 51.9 Å². The number of phenols is 1. The summed E-state index contributed by atoms with van der Waals surface area (Å²) in [4.78, 5) is 11.3. The van der Waals surface area contributed by atoms with E-state index in [0.717, 1.165) is 43.0 Å². The molecule has 7 heteroatoms. The molecule has 0 aliphatic carbocycles. The van der Waals surface area contributed by atoms with Crippen LogP contribution in [0.15, 0.2) is 65.9 Å². The Bertz CT molecular complexity index is 972. The van der Waals surface area contributed by atoms with Gasteiger partial charge in [-0.3, -0.25) is 10.4 Å². The Balaban J connectivity index is 0.00000199. The van der Waals surface area contributed by atoms with E-state index < -0.39 is 0 Å². The van der Waals surface area contributed by atoms with Gasteiger partial charge in [-0.1, -0.05) is 33.8 Å². The van der Waals surface area contributed by atoms with Gasteiger partial charge in [-0.2, -0.15) is 5.10 Å². The summed E-state index contributed by atoms with van der Waals surface area (Å²) < 4.78 is 5.99. The van der Waals surface area contributed by atoms with Crippen molar-refractivity contribution in [2.45, 2.75) is 47.0 Å². The Hall–Kier alpha value is -3.61. The van der Waals surface area contributed by atoms with Crippen LogP contribution in [0.3, 0.4) is 0 Å². The molecule has 3 rings (SSSR count). The summed E-state index contributed by atoms with van der Waals surface area (Å²) in [5.41, 5.74) is 6.50. The summed E-state index contributed by atoms with van der Waals surface area (Å²) in [6, 6.07) is 16.6. The van der Waals surface area contributed by atoms with E-state index in [2.05, 4.69) is 39.2 Å². The van der Waals surface area contributed by atoms with E-state index >= 15 is 0 Å². The number of hydrogen-bond acceptors (Lipinski definition) is 7. The predicted octanol–water partition coefficient (Wildman–Crippen LogP) is 5.90. The Morgan fingerprint density at radius 1 is 1.03 bits per heavy atom. The average Bonchev–Trinajstić information content (AvgIpc) is 2.87. The van der Waals surface area contributed by atoms with Crippen molar-refractivity contribution in [3.05, 3.63) is 72.2 Å². The van der Waals surface area contributed by atoms with E-state index in [1.165, 1.54) is 0 Å². The SMILES string of the molecule is CC.CCCN(CCC)c1cc(/C=N/Nc2ccc(O)cc2)nc(OCCc2ccccn2)c1. The van der Waals surface area contributed by atoms with E-state index in [1.54, 1.807) is 36.7 Å². The maximum Gasteiger partial charge on any atom is 0.215 e. The first-order chi connectivity index (χ1) is 16.7. The molecule has 2 heterocycles. The van der Waals surface area contributed by atoms with Gasteiger partial charge in [0.2, 0.25) is 5.88 Å². The van der Waals surface area contributed by atoms with Crippen LogP contribution in [0, 0.1) is 0 Å². The second kappa shape index (κ2) is 15.3. The number of benzene rings is 1. The highest BCUT2D eigenvalue weighted by Crippen LogP contribution is 2.22. The zero-order valence-corrected chi connectivity index (χ0v) is 20.7. The van der Waals surface area contributed by atoms with E-state index in [0.29, 0.717) is 24.6 Å². The minimum Gasteiger partial charge on any atom is -0.508 e. The lowest BCUT2D eigenvalue weighted by atomic mass is 10.2. The first-order valence-corrected chi connectivity index (χ1v) is 12.1. The third-order valence-corrected chi connectivity index (χ3v) is 4.75. The average molecular weight is 464 g/mol. The zero-order valence-electron chi connectivity index (χ0n) is 20.7. The molecule has 0 saturated heterocycles. The number of anilines is 2. The van der Waals surface area contributed by atoms with E-state index in [4.69, 9.17) is 4.74 Å². The monoisotopic (exact) mass is 463 g/mol. The van der Waals surface area contributed by atoms with Crippen LogP contribution in [0.5, 0.6) is 11.6 Å². The van der Waals surface area contributed by atoms with Gasteiger partial charge in [0.25, 0.3) is 0 Å². The number of nitrogens with one attached hydrogen (secondary N) is 1.